The number of hydrogen-bond donors (Lipinski definition) is 2. The van der Waals surface area contributed by atoms with Crippen LogP contribution in [0.4, 0.5) is 11.4 Å². The molecule has 2 N–H and O–H groups in total. The lowest BCUT2D eigenvalue weighted by Crippen LogP contribution is -2.36. The molecule has 162 valence electrons. The maximum atomic E-state index is 12.9. The Bertz CT molecular complexity index is 1180. The van der Waals surface area contributed by atoms with Crippen LogP contribution >= 0.6 is 11.8 Å². The van der Waals surface area contributed by atoms with Crippen molar-refractivity contribution in [3.8, 4) is 0 Å². The monoisotopic (exact) mass is 446 g/mol. The zero-order chi connectivity index (χ0) is 22.5. The van der Waals surface area contributed by atoms with E-state index >= 15 is 0 Å². The first kappa shape index (κ1) is 21.6. The molecular formula is C25H22N2O4S. The molecule has 0 saturated heterocycles. The number of carboxylic acids is 1. The summed E-state index contributed by atoms with van der Waals surface area (Å²) in [6, 6.07) is 21.3. The predicted molar refractivity (Wildman–Crippen MR) is 126 cm³/mol. The van der Waals surface area contributed by atoms with Crippen molar-refractivity contribution < 1.29 is 19.5 Å². The van der Waals surface area contributed by atoms with Crippen molar-refractivity contribution in [1.29, 1.82) is 0 Å². The molecule has 3 aromatic rings. The zero-order valence-electron chi connectivity index (χ0n) is 17.3. The fourth-order valence-corrected chi connectivity index (χ4v) is 4.58. The Morgan fingerprint density at radius 3 is 2.50 bits per heavy atom. The van der Waals surface area contributed by atoms with Crippen molar-refractivity contribution in [2.24, 2.45) is 0 Å². The van der Waals surface area contributed by atoms with Crippen molar-refractivity contribution in [2.75, 3.05) is 22.5 Å². The molecule has 1 heterocycles. The Hall–Kier alpha value is -3.58. The fourth-order valence-electron chi connectivity index (χ4n) is 3.75. The number of thioether (sulfide) groups is 1. The number of rotatable bonds is 6. The van der Waals surface area contributed by atoms with Crippen LogP contribution < -0.4 is 10.2 Å². The second kappa shape index (κ2) is 9.70. The number of anilines is 2. The molecule has 0 saturated carbocycles. The molecule has 4 rings (SSSR count). The van der Waals surface area contributed by atoms with E-state index in [1.807, 2.05) is 29.2 Å². The minimum atomic E-state index is -1.15. The highest BCUT2D eigenvalue weighted by Gasteiger charge is 2.22. The second-order valence-corrected chi connectivity index (χ2v) is 8.45. The smallest absolute Gasteiger partial charge is 0.336 e. The summed E-state index contributed by atoms with van der Waals surface area (Å²) >= 11 is 1.41. The highest BCUT2D eigenvalue weighted by Crippen LogP contribution is 2.29. The van der Waals surface area contributed by atoms with Gasteiger partial charge in [0.2, 0.25) is 5.91 Å². The molecular weight excluding hydrogens is 424 g/mol. The van der Waals surface area contributed by atoms with Gasteiger partial charge in [0.15, 0.2) is 0 Å². The summed E-state index contributed by atoms with van der Waals surface area (Å²) in [4.78, 5) is 39.5. The summed E-state index contributed by atoms with van der Waals surface area (Å²) in [5, 5.41) is 12.0. The highest BCUT2D eigenvalue weighted by molar-refractivity contribution is 8.00. The van der Waals surface area contributed by atoms with Gasteiger partial charge in [-0.1, -0.05) is 36.4 Å². The number of aromatic carboxylic acids is 1. The summed E-state index contributed by atoms with van der Waals surface area (Å²) in [5.41, 5.74) is 2.77. The number of amides is 2. The lowest BCUT2D eigenvalue weighted by molar-refractivity contribution is -0.116. The standard InChI is InChI=1S/C25H22N2O4S/c28-23(27-14-6-8-17-7-1-4-13-22(17)27)16-32-19-10-5-9-18(15-19)26-24(29)20-11-2-3-12-21(20)25(30)31/h1-5,7,9-13,15H,6,8,14,16H2,(H,26,29)(H,30,31). The Morgan fingerprint density at radius 2 is 1.69 bits per heavy atom. The molecule has 0 atom stereocenters. The van der Waals surface area contributed by atoms with E-state index in [9.17, 15) is 19.5 Å². The van der Waals surface area contributed by atoms with Gasteiger partial charge in [-0.25, -0.2) is 4.79 Å². The van der Waals surface area contributed by atoms with Gasteiger partial charge in [-0.05, 0) is 54.8 Å². The average Bonchev–Trinajstić information content (AvgIpc) is 2.82. The van der Waals surface area contributed by atoms with Gasteiger partial charge in [0.25, 0.3) is 5.91 Å². The first-order valence-electron chi connectivity index (χ1n) is 10.3. The van der Waals surface area contributed by atoms with Crippen molar-refractivity contribution >= 4 is 40.9 Å². The summed E-state index contributed by atoms with van der Waals surface area (Å²) < 4.78 is 0. The van der Waals surface area contributed by atoms with Crippen LogP contribution in [0.1, 0.15) is 32.7 Å². The minimum absolute atomic E-state index is 0.0481. The van der Waals surface area contributed by atoms with Crippen LogP contribution in [0.3, 0.4) is 0 Å². The van der Waals surface area contributed by atoms with Crippen LogP contribution in [-0.2, 0) is 11.2 Å². The molecule has 0 aromatic heterocycles. The number of hydrogen-bond acceptors (Lipinski definition) is 4. The van der Waals surface area contributed by atoms with Crippen molar-refractivity contribution in [3.63, 3.8) is 0 Å². The number of nitrogens with one attached hydrogen (secondary N) is 1. The quantitative estimate of drug-likeness (QED) is 0.536. The Labute approximate surface area is 190 Å². The number of carbonyl (C=O) groups is 3. The molecule has 0 bridgehead atoms. The number of carboxylic acid groups (broad SMARTS) is 1. The SMILES string of the molecule is O=C(O)c1ccccc1C(=O)Nc1cccc(SCC(=O)N2CCCc3ccccc32)c1. The number of para-hydroxylation sites is 1. The molecule has 1 aliphatic rings. The van der Waals surface area contributed by atoms with E-state index in [4.69, 9.17) is 0 Å². The van der Waals surface area contributed by atoms with E-state index in [1.54, 1.807) is 30.3 Å². The van der Waals surface area contributed by atoms with Crippen molar-refractivity contribution in [3.05, 3.63) is 89.5 Å². The first-order chi connectivity index (χ1) is 15.5. The molecule has 2 amide bonds. The third-order valence-corrected chi connectivity index (χ3v) is 6.25. The van der Waals surface area contributed by atoms with Crippen LogP contribution in [0.5, 0.6) is 0 Å². The van der Waals surface area contributed by atoms with Crippen LogP contribution in [0.2, 0.25) is 0 Å². The van der Waals surface area contributed by atoms with Gasteiger partial charge in [0.1, 0.15) is 0 Å². The van der Waals surface area contributed by atoms with Crippen molar-refractivity contribution in [1.82, 2.24) is 0 Å². The predicted octanol–water partition coefficient (Wildman–Crippen LogP) is 4.71. The van der Waals surface area contributed by atoms with E-state index < -0.39 is 11.9 Å². The highest BCUT2D eigenvalue weighted by atomic mass is 32.2. The largest absolute Gasteiger partial charge is 0.478 e. The molecule has 32 heavy (non-hydrogen) atoms. The van der Waals surface area contributed by atoms with E-state index in [0.717, 1.165) is 30.0 Å². The van der Waals surface area contributed by atoms with Crippen LogP contribution in [-0.4, -0.2) is 35.2 Å². The molecule has 6 nitrogen and oxygen atoms in total. The third kappa shape index (κ3) is 4.84. The van der Waals surface area contributed by atoms with E-state index in [2.05, 4.69) is 11.4 Å². The number of nitrogens with zero attached hydrogens (tertiary/aromatic N) is 1. The number of benzene rings is 3. The molecule has 0 spiro atoms. The molecule has 7 heteroatoms. The summed E-state index contributed by atoms with van der Waals surface area (Å²) in [7, 11) is 0. The van der Waals surface area contributed by atoms with Gasteiger partial charge in [-0.2, -0.15) is 0 Å². The summed E-state index contributed by atoms with van der Waals surface area (Å²) in [6.45, 7) is 0.718. The minimum Gasteiger partial charge on any atom is -0.478 e. The molecule has 0 fully saturated rings. The Kier molecular flexibility index (Phi) is 6.56. The van der Waals surface area contributed by atoms with Gasteiger partial charge in [-0.15, -0.1) is 11.8 Å². The number of fused-ring (bicyclic) bond motifs is 1. The van der Waals surface area contributed by atoms with E-state index in [0.29, 0.717) is 5.69 Å². The lowest BCUT2D eigenvalue weighted by Gasteiger charge is -2.29. The van der Waals surface area contributed by atoms with E-state index in [-0.39, 0.29) is 22.8 Å². The average molecular weight is 447 g/mol. The topological polar surface area (TPSA) is 86.7 Å². The molecule has 0 aliphatic carbocycles. The van der Waals surface area contributed by atoms with Gasteiger partial charge in [0.05, 0.1) is 16.9 Å². The second-order valence-electron chi connectivity index (χ2n) is 7.40. The number of carbonyl (C=O) groups excluding carboxylic acids is 2. The van der Waals surface area contributed by atoms with Gasteiger partial charge >= 0.3 is 5.97 Å². The maximum absolute atomic E-state index is 12.9. The number of aryl methyl sites for hydroxylation is 1. The van der Waals surface area contributed by atoms with Crippen LogP contribution in [0, 0.1) is 0 Å². The van der Waals surface area contributed by atoms with Gasteiger partial charge in [0, 0.05) is 22.8 Å². The van der Waals surface area contributed by atoms with E-state index in [1.165, 1.54) is 29.5 Å². The zero-order valence-corrected chi connectivity index (χ0v) is 18.1. The lowest BCUT2D eigenvalue weighted by atomic mass is 10.0. The molecule has 3 aromatic carbocycles. The van der Waals surface area contributed by atoms with Gasteiger partial charge < -0.3 is 15.3 Å². The Morgan fingerprint density at radius 1 is 0.938 bits per heavy atom. The molecule has 0 radical (unpaired) electrons. The van der Waals surface area contributed by atoms with Crippen LogP contribution in [0.15, 0.2) is 77.7 Å². The fraction of sp³-hybridized carbons (Fsp3) is 0.160. The maximum Gasteiger partial charge on any atom is 0.336 e. The third-order valence-electron chi connectivity index (χ3n) is 5.27. The van der Waals surface area contributed by atoms with Crippen molar-refractivity contribution in [2.45, 2.75) is 17.7 Å². The van der Waals surface area contributed by atoms with Crippen LogP contribution in [0.25, 0.3) is 0 Å². The summed E-state index contributed by atoms with van der Waals surface area (Å²) in [6.07, 6.45) is 1.94. The Balaban J connectivity index is 1.42. The normalized spacial score (nSPS) is 12.7. The molecule has 0 unspecified atom stereocenters. The summed E-state index contributed by atoms with van der Waals surface area (Å²) in [5.74, 6) is -1.32. The first-order valence-corrected chi connectivity index (χ1v) is 11.3. The molecule has 1 aliphatic heterocycles. The van der Waals surface area contributed by atoms with Gasteiger partial charge in [-0.3, -0.25) is 9.59 Å².